The van der Waals surface area contributed by atoms with Crippen molar-refractivity contribution in [2.75, 3.05) is 13.2 Å². The molecular weight excluding hydrogens is 264 g/mol. The number of hydrogen-bond acceptors (Lipinski definition) is 4. The summed E-state index contributed by atoms with van der Waals surface area (Å²) in [5.41, 5.74) is 2.29. The fourth-order valence-corrected chi connectivity index (χ4v) is 2.32. The Kier molecular flexibility index (Phi) is 4.82. The fraction of sp³-hybridized carbons (Fsp3) is 0.353. The molecule has 21 heavy (non-hydrogen) atoms. The summed E-state index contributed by atoms with van der Waals surface area (Å²) >= 11 is 0. The molecule has 1 unspecified atom stereocenters. The van der Waals surface area contributed by atoms with E-state index in [1.54, 1.807) is 0 Å². The number of nitrogens with one attached hydrogen (secondary N) is 1. The molecule has 2 aromatic rings. The van der Waals surface area contributed by atoms with E-state index in [2.05, 4.69) is 22.4 Å². The quantitative estimate of drug-likeness (QED) is 0.885. The van der Waals surface area contributed by atoms with E-state index in [1.165, 1.54) is 5.56 Å². The molecule has 4 heteroatoms. The summed E-state index contributed by atoms with van der Waals surface area (Å²) in [5, 5.41) is 3.39. The third-order valence-corrected chi connectivity index (χ3v) is 3.48. The summed E-state index contributed by atoms with van der Waals surface area (Å²) in [6.45, 7) is 3.11. The first-order valence-electron chi connectivity index (χ1n) is 7.34. The molecule has 1 aromatic carbocycles. The van der Waals surface area contributed by atoms with Crippen molar-refractivity contribution in [3.05, 3.63) is 59.9 Å². The lowest BCUT2D eigenvalue weighted by Crippen LogP contribution is -2.16. The van der Waals surface area contributed by atoms with Crippen molar-refractivity contribution in [2.45, 2.75) is 25.6 Å². The van der Waals surface area contributed by atoms with Crippen LogP contribution in [0.4, 0.5) is 0 Å². The highest BCUT2D eigenvalue weighted by Gasteiger charge is 2.16. The molecule has 1 N–H and O–H groups in total. The zero-order valence-electron chi connectivity index (χ0n) is 12.0. The van der Waals surface area contributed by atoms with Gasteiger partial charge < -0.3 is 14.8 Å². The molecule has 0 aliphatic carbocycles. The van der Waals surface area contributed by atoms with Gasteiger partial charge in [0, 0.05) is 25.7 Å². The van der Waals surface area contributed by atoms with Gasteiger partial charge in [0.25, 0.3) is 0 Å². The highest BCUT2D eigenvalue weighted by molar-refractivity contribution is 5.27. The highest BCUT2D eigenvalue weighted by Crippen LogP contribution is 2.17. The molecule has 0 saturated carbocycles. The summed E-state index contributed by atoms with van der Waals surface area (Å²) < 4.78 is 11.2. The average Bonchev–Trinajstić information content (AvgIpc) is 3.03. The molecule has 0 spiro atoms. The first-order chi connectivity index (χ1) is 10.4. The number of pyridine rings is 1. The van der Waals surface area contributed by atoms with E-state index in [-0.39, 0.29) is 6.10 Å². The van der Waals surface area contributed by atoms with Crippen LogP contribution in [0.25, 0.3) is 0 Å². The van der Waals surface area contributed by atoms with Crippen molar-refractivity contribution in [3.63, 3.8) is 0 Å². The van der Waals surface area contributed by atoms with Crippen molar-refractivity contribution in [3.8, 4) is 5.75 Å². The van der Waals surface area contributed by atoms with Crippen molar-refractivity contribution < 1.29 is 9.47 Å². The predicted molar refractivity (Wildman–Crippen MR) is 81.1 cm³/mol. The molecule has 1 aliphatic heterocycles. The topological polar surface area (TPSA) is 43.4 Å². The van der Waals surface area contributed by atoms with Gasteiger partial charge in [0.2, 0.25) is 0 Å². The van der Waals surface area contributed by atoms with E-state index in [0.29, 0.717) is 6.61 Å². The van der Waals surface area contributed by atoms with E-state index >= 15 is 0 Å². The lowest BCUT2D eigenvalue weighted by Gasteiger charge is -2.12. The average molecular weight is 284 g/mol. The maximum absolute atomic E-state index is 5.85. The van der Waals surface area contributed by atoms with Crippen molar-refractivity contribution in [2.24, 2.45) is 0 Å². The summed E-state index contributed by atoms with van der Waals surface area (Å²) in [6, 6.07) is 14.2. The minimum absolute atomic E-state index is 0.207. The van der Waals surface area contributed by atoms with Gasteiger partial charge in [-0.05, 0) is 29.8 Å². The van der Waals surface area contributed by atoms with Gasteiger partial charge in [-0.3, -0.25) is 4.98 Å². The molecule has 0 radical (unpaired) electrons. The van der Waals surface area contributed by atoms with Crippen LogP contribution in [0, 0.1) is 0 Å². The van der Waals surface area contributed by atoms with Crippen LogP contribution in [0.2, 0.25) is 0 Å². The standard InChI is InChI=1S/C17H20N2O2/c1-2-9-19-15(3-1)12-18-11-14-4-6-16(7-5-14)21-17-8-10-20-13-17/h1-7,9,17-18H,8,10-13H2. The van der Waals surface area contributed by atoms with Crippen LogP contribution in [0.5, 0.6) is 5.75 Å². The Morgan fingerprint density at radius 2 is 2.05 bits per heavy atom. The third kappa shape index (κ3) is 4.28. The Hall–Kier alpha value is -1.91. The molecule has 1 aromatic heterocycles. The Morgan fingerprint density at radius 1 is 1.14 bits per heavy atom. The SMILES string of the molecule is c1ccc(CNCc2ccc(OC3CCOC3)cc2)nc1. The van der Waals surface area contributed by atoms with Crippen LogP contribution in [-0.4, -0.2) is 24.3 Å². The largest absolute Gasteiger partial charge is 0.488 e. The Morgan fingerprint density at radius 3 is 2.76 bits per heavy atom. The lowest BCUT2D eigenvalue weighted by atomic mass is 10.2. The molecule has 3 rings (SSSR count). The van der Waals surface area contributed by atoms with Gasteiger partial charge >= 0.3 is 0 Å². The monoisotopic (exact) mass is 284 g/mol. The van der Waals surface area contributed by atoms with Gasteiger partial charge in [-0.2, -0.15) is 0 Å². The third-order valence-electron chi connectivity index (χ3n) is 3.48. The van der Waals surface area contributed by atoms with Gasteiger partial charge in [-0.15, -0.1) is 0 Å². The smallest absolute Gasteiger partial charge is 0.124 e. The highest BCUT2D eigenvalue weighted by atomic mass is 16.5. The molecule has 0 amide bonds. The van der Waals surface area contributed by atoms with E-state index in [9.17, 15) is 0 Å². The fourth-order valence-electron chi connectivity index (χ4n) is 2.32. The summed E-state index contributed by atoms with van der Waals surface area (Å²) in [4.78, 5) is 4.29. The van der Waals surface area contributed by atoms with E-state index < -0.39 is 0 Å². The van der Waals surface area contributed by atoms with Crippen LogP contribution in [0.1, 0.15) is 17.7 Å². The van der Waals surface area contributed by atoms with Crippen molar-refractivity contribution >= 4 is 0 Å². The second-order valence-corrected chi connectivity index (χ2v) is 5.17. The number of aromatic nitrogens is 1. The maximum Gasteiger partial charge on any atom is 0.124 e. The lowest BCUT2D eigenvalue weighted by molar-refractivity contribution is 0.141. The molecule has 1 fully saturated rings. The predicted octanol–water partition coefficient (Wildman–Crippen LogP) is 2.54. The number of rotatable bonds is 6. The Bertz CT molecular complexity index is 536. The summed E-state index contributed by atoms with van der Waals surface area (Å²) in [7, 11) is 0. The Balaban J connectivity index is 1.45. The van der Waals surface area contributed by atoms with Gasteiger partial charge in [0.1, 0.15) is 11.9 Å². The van der Waals surface area contributed by atoms with Gasteiger partial charge in [0.05, 0.1) is 18.9 Å². The molecular formula is C17H20N2O2. The maximum atomic E-state index is 5.85. The molecule has 0 bridgehead atoms. The van der Waals surface area contributed by atoms with Crippen LogP contribution in [0.3, 0.4) is 0 Å². The normalized spacial score (nSPS) is 17.8. The second kappa shape index (κ2) is 7.20. The number of benzene rings is 1. The minimum Gasteiger partial charge on any atom is -0.488 e. The van der Waals surface area contributed by atoms with Crippen molar-refractivity contribution in [1.29, 1.82) is 0 Å². The number of nitrogens with zero attached hydrogens (tertiary/aromatic N) is 1. The number of hydrogen-bond donors (Lipinski definition) is 1. The first kappa shape index (κ1) is 14.0. The van der Waals surface area contributed by atoms with Crippen LogP contribution in [0.15, 0.2) is 48.7 Å². The van der Waals surface area contributed by atoms with Crippen LogP contribution in [-0.2, 0) is 17.8 Å². The Labute approximate surface area is 125 Å². The zero-order valence-corrected chi connectivity index (χ0v) is 12.0. The zero-order chi connectivity index (χ0) is 14.3. The van der Waals surface area contributed by atoms with Crippen LogP contribution < -0.4 is 10.1 Å². The van der Waals surface area contributed by atoms with E-state index in [0.717, 1.165) is 37.6 Å². The van der Waals surface area contributed by atoms with Gasteiger partial charge in [-0.1, -0.05) is 18.2 Å². The molecule has 1 aliphatic rings. The first-order valence-corrected chi connectivity index (χ1v) is 7.34. The molecule has 4 nitrogen and oxygen atoms in total. The van der Waals surface area contributed by atoms with Gasteiger partial charge in [0.15, 0.2) is 0 Å². The molecule has 1 saturated heterocycles. The van der Waals surface area contributed by atoms with E-state index in [4.69, 9.17) is 9.47 Å². The molecule has 2 heterocycles. The summed E-state index contributed by atoms with van der Waals surface area (Å²) in [6.07, 6.45) is 3.00. The summed E-state index contributed by atoms with van der Waals surface area (Å²) in [5.74, 6) is 0.916. The molecule has 110 valence electrons. The minimum atomic E-state index is 0.207. The van der Waals surface area contributed by atoms with E-state index in [1.807, 2.05) is 36.5 Å². The molecule has 1 atom stereocenters. The van der Waals surface area contributed by atoms with Gasteiger partial charge in [-0.25, -0.2) is 0 Å². The van der Waals surface area contributed by atoms with Crippen LogP contribution >= 0.6 is 0 Å². The number of ether oxygens (including phenoxy) is 2. The van der Waals surface area contributed by atoms with Crippen molar-refractivity contribution in [1.82, 2.24) is 10.3 Å². The second-order valence-electron chi connectivity index (χ2n) is 5.17.